The Labute approximate surface area is 151 Å². The zero-order valence-electron chi connectivity index (χ0n) is 14.7. The first-order valence-electron chi connectivity index (χ1n) is 8.75. The third-order valence-electron chi connectivity index (χ3n) is 5.28. The molecule has 0 unspecified atom stereocenters. The number of hydrogen-bond donors (Lipinski definition) is 2. The zero-order chi connectivity index (χ0) is 18.7. The molecule has 1 saturated carbocycles. The molecule has 0 spiro atoms. The minimum absolute atomic E-state index is 0.132. The maximum atomic E-state index is 12.8. The van der Waals surface area contributed by atoms with Crippen LogP contribution in [0.4, 0.5) is 0 Å². The van der Waals surface area contributed by atoms with Crippen molar-refractivity contribution in [3.63, 3.8) is 0 Å². The largest absolute Gasteiger partial charge is 0.479 e. The highest BCUT2D eigenvalue weighted by Gasteiger charge is 2.45. The van der Waals surface area contributed by atoms with E-state index in [-0.39, 0.29) is 11.7 Å². The summed E-state index contributed by atoms with van der Waals surface area (Å²) in [5, 5.41) is 9.74. The molecule has 1 fully saturated rings. The van der Waals surface area contributed by atoms with Crippen molar-refractivity contribution in [2.45, 2.75) is 37.6 Å². The number of H-pyrrole nitrogens is 1. The SMILES string of the molecule is CN(C(=O)c1ccc(C(=O)c2cc[nH]c2)cc1)C1(C(=O)O)CCCCC1. The van der Waals surface area contributed by atoms with E-state index in [1.54, 1.807) is 49.8 Å². The number of rotatable bonds is 5. The van der Waals surface area contributed by atoms with E-state index < -0.39 is 11.5 Å². The van der Waals surface area contributed by atoms with E-state index in [0.29, 0.717) is 29.5 Å². The van der Waals surface area contributed by atoms with Gasteiger partial charge in [0, 0.05) is 36.1 Å². The molecule has 1 aliphatic rings. The number of amides is 1. The van der Waals surface area contributed by atoms with Crippen molar-refractivity contribution in [1.82, 2.24) is 9.88 Å². The first-order valence-corrected chi connectivity index (χ1v) is 8.75. The number of nitrogens with one attached hydrogen (secondary N) is 1. The molecular weight excluding hydrogens is 332 g/mol. The van der Waals surface area contributed by atoms with Crippen molar-refractivity contribution in [2.24, 2.45) is 0 Å². The Bertz CT molecular complexity index is 803. The van der Waals surface area contributed by atoms with E-state index in [9.17, 15) is 19.5 Å². The van der Waals surface area contributed by atoms with Crippen LogP contribution in [-0.4, -0.2) is 45.2 Å². The number of nitrogens with zero attached hydrogens (tertiary/aromatic N) is 1. The van der Waals surface area contributed by atoms with Gasteiger partial charge in [0.15, 0.2) is 5.78 Å². The van der Waals surface area contributed by atoms with Gasteiger partial charge in [0.05, 0.1) is 0 Å². The highest BCUT2D eigenvalue weighted by atomic mass is 16.4. The van der Waals surface area contributed by atoms with Gasteiger partial charge in [-0.15, -0.1) is 0 Å². The molecular formula is C20H22N2O4. The second-order valence-electron chi connectivity index (χ2n) is 6.77. The van der Waals surface area contributed by atoms with Gasteiger partial charge in [-0.1, -0.05) is 31.4 Å². The number of aromatic nitrogens is 1. The number of aliphatic carboxylic acids is 1. The second kappa shape index (κ2) is 7.15. The van der Waals surface area contributed by atoms with Crippen LogP contribution in [0.5, 0.6) is 0 Å². The Morgan fingerprint density at radius 3 is 2.12 bits per heavy atom. The van der Waals surface area contributed by atoms with Gasteiger partial charge in [0.25, 0.3) is 5.91 Å². The summed E-state index contributed by atoms with van der Waals surface area (Å²) in [5.41, 5.74) is 0.265. The summed E-state index contributed by atoms with van der Waals surface area (Å²) in [6, 6.07) is 8.05. The van der Waals surface area contributed by atoms with Crippen LogP contribution < -0.4 is 0 Å². The standard InChI is InChI=1S/C20H22N2O4/c1-22(20(19(25)26)10-3-2-4-11-20)18(24)15-7-5-14(6-8-15)17(23)16-9-12-21-13-16/h5-9,12-13,21H,2-4,10-11H2,1H3,(H,25,26). The van der Waals surface area contributed by atoms with E-state index >= 15 is 0 Å². The molecule has 2 aromatic rings. The van der Waals surface area contributed by atoms with Gasteiger partial charge in [-0.25, -0.2) is 4.79 Å². The maximum Gasteiger partial charge on any atom is 0.329 e. The third kappa shape index (κ3) is 3.14. The summed E-state index contributed by atoms with van der Waals surface area (Å²) in [4.78, 5) is 41.2. The Morgan fingerprint density at radius 2 is 1.58 bits per heavy atom. The second-order valence-corrected chi connectivity index (χ2v) is 6.77. The van der Waals surface area contributed by atoms with Crippen molar-refractivity contribution < 1.29 is 19.5 Å². The molecule has 2 N–H and O–H groups in total. The average molecular weight is 354 g/mol. The minimum atomic E-state index is -1.14. The van der Waals surface area contributed by atoms with Gasteiger partial charge in [-0.05, 0) is 31.0 Å². The molecule has 0 radical (unpaired) electrons. The molecule has 3 rings (SSSR count). The summed E-state index contributed by atoms with van der Waals surface area (Å²) in [6.07, 6.45) is 6.82. The lowest BCUT2D eigenvalue weighted by Crippen LogP contribution is -2.56. The van der Waals surface area contributed by atoms with E-state index in [4.69, 9.17) is 0 Å². The smallest absolute Gasteiger partial charge is 0.329 e. The number of hydrogen-bond acceptors (Lipinski definition) is 3. The van der Waals surface area contributed by atoms with Gasteiger partial charge >= 0.3 is 5.97 Å². The molecule has 1 aromatic heterocycles. The molecule has 1 aliphatic carbocycles. The quantitative estimate of drug-likeness (QED) is 0.807. The molecule has 0 bridgehead atoms. The van der Waals surface area contributed by atoms with E-state index in [2.05, 4.69) is 4.98 Å². The number of carboxylic acids is 1. The summed E-state index contributed by atoms with van der Waals surface area (Å²) in [7, 11) is 1.56. The van der Waals surface area contributed by atoms with Crippen LogP contribution in [0.1, 0.15) is 58.4 Å². The van der Waals surface area contributed by atoms with Crippen LogP contribution in [0.15, 0.2) is 42.7 Å². The lowest BCUT2D eigenvalue weighted by atomic mass is 9.80. The molecule has 1 aromatic carbocycles. The summed E-state index contributed by atoms with van der Waals surface area (Å²) in [5.74, 6) is -1.42. The number of benzene rings is 1. The number of carbonyl (C=O) groups excluding carboxylic acids is 2. The van der Waals surface area contributed by atoms with E-state index in [0.717, 1.165) is 19.3 Å². The van der Waals surface area contributed by atoms with Crippen LogP contribution in [0.3, 0.4) is 0 Å². The molecule has 6 heteroatoms. The molecule has 0 aliphatic heterocycles. The van der Waals surface area contributed by atoms with Gasteiger partial charge in [0.1, 0.15) is 5.54 Å². The first kappa shape index (κ1) is 17.9. The fourth-order valence-corrected chi connectivity index (χ4v) is 3.61. The van der Waals surface area contributed by atoms with Crippen molar-refractivity contribution in [2.75, 3.05) is 7.05 Å². The summed E-state index contributed by atoms with van der Waals surface area (Å²) in [6.45, 7) is 0. The topological polar surface area (TPSA) is 90.5 Å². The van der Waals surface area contributed by atoms with Gasteiger partial charge in [0.2, 0.25) is 0 Å². The zero-order valence-corrected chi connectivity index (χ0v) is 14.7. The van der Waals surface area contributed by atoms with Crippen molar-refractivity contribution >= 4 is 17.7 Å². The van der Waals surface area contributed by atoms with Crippen LogP contribution in [0.25, 0.3) is 0 Å². The summed E-state index contributed by atoms with van der Waals surface area (Å²) >= 11 is 0. The predicted molar refractivity (Wildman–Crippen MR) is 96.2 cm³/mol. The maximum absolute atomic E-state index is 12.8. The number of carbonyl (C=O) groups is 3. The Morgan fingerprint density at radius 1 is 0.962 bits per heavy atom. The molecule has 0 atom stereocenters. The first-order chi connectivity index (χ1) is 12.5. The highest BCUT2D eigenvalue weighted by molar-refractivity contribution is 6.09. The number of ketones is 1. The number of likely N-dealkylation sites (N-methyl/N-ethyl adjacent to an activating group) is 1. The van der Waals surface area contributed by atoms with Crippen LogP contribution in [-0.2, 0) is 4.79 Å². The van der Waals surface area contributed by atoms with Gasteiger partial charge in [-0.3, -0.25) is 9.59 Å². The fraction of sp³-hybridized carbons (Fsp3) is 0.350. The molecule has 6 nitrogen and oxygen atoms in total. The Kier molecular flexibility index (Phi) is 4.93. The van der Waals surface area contributed by atoms with Crippen LogP contribution in [0.2, 0.25) is 0 Å². The van der Waals surface area contributed by atoms with E-state index in [1.807, 2.05) is 0 Å². The Balaban J connectivity index is 1.81. The Hall–Kier alpha value is -2.89. The van der Waals surface area contributed by atoms with Crippen molar-refractivity contribution in [3.05, 3.63) is 59.4 Å². The molecule has 1 heterocycles. The van der Waals surface area contributed by atoms with Gasteiger partial charge in [-0.2, -0.15) is 0 Å². The summed E-state index contributed by atoms with van der Waals surface area (Å²) < 4.78 is 0. The monoisotopic (exact) mass is 354 g/mol. The van der Waals surface area contributed by atoms with Crippen molar-refractivity contribution in [1.29, 1.82) is 0 Å². The average Bonchev–Trinajstić information content (AvgIpc) is 3.21. The number of aromatic amines is 1. The van der Waals surface area contributed by atoms with Crippen LogP contribution >= 0.6 is 0 Å². The lowest BCUT2D eigenvalue weighted by Gasteiger charge is -2.41. The molecule has 1 amide bonds. The molecule has 26 heavy (non-hydrogen) atoms. The molecule has 0 saturated heterocycles. The highest BCUT2D eigenvalue weighted by Crippen LogP contribution is 2.34. The van der Waals surface area contributed by atoms with Crippen LogP contribution in [0, 0.1) is 0 Å². The minimum Gasteiger partial charge on any atom is -0.479 e. The van der Waals surface area contributed by atoms with E-state index in [1.165, 1.54) is 4.90 Å². The van der Waals surface area contributed by atoms with Gasteiger partial charge < -0.3 is 15.0 Å². The molecule has 136 valence electrons. The fourth-order valence-electron chi connectivity index (χ4n) is 3.61. The lowest BCUT2D eigenvalue weighted by molar-refractivity contribution is -0.151. The third-order valence-corrected chi connectivity index (χ3v) is 5.28. The normalized spacial score (nSPS) is 16.0. The van der Waals surface area contributed by atoms with Crippen molar-refractivity contribution in [3.8, 4) is 0 Å². The number of carboxylic acid groups (broad SMARTS) is 1. The predicted octanol–water partition coefficient (Wildman–Crippen LogP) is 3.11.